The van der Waals surface area contributed by atoms with Gasteiger partial charge in [0, 0.05) is 17.7 Å². The molecular weight excluding hydrogens is 502 g/mol. The summed E-state index contributed by atoms with van der Waals surface area (Å²) in [6.07, 6.45) is 7.98. The average molecular weight is 536 g/mol. The number of likely N-dealkylation sites (tertiary alicyclic amines) is 1. The van der Waals surface area contributed by atoms with Crippen molar-refractivity contribution in [2.45, 2.75) is 44.9 Å². The van der Waals surface area contributed by atoms with Crippen molar-refractivity contribution in [2.24, 2.45) is 10.2 Å². The number of aromatic nitrogens is 2. The van der Waals surface area contributed by atoms with Crippen molar-refractivity contribution in [1.29, 1.82) is 0 Å². The number of amidine groups is 1. The summed E-state index contributed by atoms with van der Waals surface area (Å²) in [5, 5.41) is 14.1. The number of allylic oxidation sites excluding steroid dienone is 1. The zero-order valence-electron chi connectivity index (χ0n) is 22.7. The minimum absolute atomic E-state index is 0.0749. The maximum Gasteiger partial charge on any atom is 0.274 e. The summed E-state index contributed by atoms with van der Waals surface area (Å²) in [7, 11) is 0. The lowest BCUT2D eigenvalue weighted by atomic mass is 10.0. The van der Waals surface area contributed by atoms with Gasteiger partial charge in [-0.2, -0.15) is 10.2 Å². The van der Waals surface area contributed by atoms with E-state index in [0.29, 0.717) is 11.5 Å². The molecule has 6 rings (SSSR count). The van der Waals surface area contributed by atoms with Crippen LogP contribution in [0, 0.1) is 0 Å². The fraction of sp³-hybridized carbons (Fsp3) is 0.300. The summed E-state index contributed by atoms with van der Waals surface area (Å²) in [6.45, 7) is 7.08. The third kappa shape index (κ3) is 4.93. The van der Waals surface area contributed by atoms with E-state index in [4.69, 9.17) is 10.8 Å². The zero-order valence-corrected chi connectivity index (χ0v) is 22.7. The molecule has 1 amide bonds. The molecule has 0 bridgehead atoms. The Balaban J connectivity index is 1.18. The first kappa shape index (κ1) is 25.7. The fourth-order valence-electron chi connectivity index (χ4n) is 5.19. The molecule has 3 aliphatic rings. The highest BCUT2D eigenvalue weighted by molar-refractivity contribution is 6.14. The Morgan fingerprint density at radius 2 is 1.82 bits per heavy atom. The number of anilines is 1. The van der Waals surface area contributed by atoms with Crippen LogP contribution in [-0.2, 0) is 6.54 Å². The predicted molar refractivity (Wildman–Crippen MR) is 156 cm³/mol. The lowest BCUT2D eigenvalue weighted by Crippen LogP contribution is -2.62. The molecule has 204 valence electrons. The Hall–Kier alpha value is -4.57. The van der Waals surface area contributed by atoms with Gasteiger partial charge in [-0.05, 0) is 57.5 Å². The van der Waals surface area contributed by atoms with Crippen LogP contribution < -0.4 is 16.5 Å². The molecule has 1 fully saturated rings. The van der Waals surface area contributed by atoms with Crippen molar-refractivity contribution in [1.82, 2.24) is 30.6 Å². The largest absolute Gasteiger partial charge is 0.382 e. The Kier molecular flexibility index (Phi) is 6.77. The van der Waals surface area contributed by atoms with Crippen molar-refractivity contribution < 1.29 is 4.79 Å². The monoisotopic (exact) mass is 535 g/mol. The molecule has 0 aliphatic carbocycles. The molecule has 0 radical (unpaired) electrons. The third-order valence-corrected chi connectivity index (χ3v) is 7.78. The number of carbonyl (C=O) groups excluding carboxylic acids is 1. The zero-order chi connectivity index (χ0) is 27.7. The first-order valence-corrected chi connectivity index (χ1v) is 13.6. The van der Waals surface area contributed by atoms with E-state index >= 15 is 0 Å². The first-order valence-electron chi connectivity index (χ1n) is 13.6. The van der Waals surface area contributed by atoms with Gasteiger partial charge in [0.1, 0.15) is 0 Å². The molecule has 2 aromatic carbocycles. The van der Waals surface area contributed by atoms with Gasteiger partial charge < -0.3 is 11.1 Å². The smallest absolute Gasteiger partial charge is 0.274 e. The first-order chi connectivity index (χ1) is 19.4. The van der Waals surface area contributed by atoms with Gasteiger partial charge in [-0.15, -0.1) is 0 Å². The second-order valence-electron chi connectivity index (χ2n) is 10.6. The van der Waals surface area contributed by atoms with Crippen molar-refractivity contribution in [3.63, 3.8) is 0 Å². The molecule has 10 heteroatoms. The molecule has 10 nitrogen and oxygen atoms in total. The van der Waals surface area contributed by atoms with Gasteiger partial charge in [0.2, 0.25) is 0 Å². The number of hydrogen-bond donors (Lipinski definition) is 3. The van der Waals surface area contributed by atoms with E-state index in [-0.39, 0.29) is 11.5 Å². The van der Waals surface area contributed by atoms with Crippen LogP contribution in [0.4, 0.5) is 5.82 Å². The highest BCUT2D eigenvalue weighted by atomic mass is 16.2. The number of nitrogens with two attached hydrogens (primary N) is 1. The maximum atomic E-state index is 13.4. The van der Waals surface area contributed by atoms with Crippen LogP contribution >= 0.6 is 0 Å². The summed E-state index contributed by atoms with van der Waals surface area (Å²) < 4.78 is 0. The molecule has 1 saturated heterocycles. The summed E-state index contributed by atoms with van der Waals surface area (Å²) in [5.41, 5.74) is 13.1. The molecule has 3 aliphatic heterocycles. The van der Waals surface area contributed by atoms with E-state index in [1.807, 2.05) is 68.5 Å². The van der Waals surface area contributed by atoms with Crippen LogP contribution in [0.3, 0.4) is 0 Å². The highest BCUT2D eigenvalue weighted by Gasteiger charge is 2.45. The van der Waals surface area contributed by atoms with Gasteiger partial charge in [0.25, 0.3) is 5.91 Å². The van der Waals surface area contributed by atoms with Crippen molar-refractivity contribution in [3.05, 3.63) is 89.8 Å². The standard InChI is InChI=1S/C30H33N9O/c1-20(30(2)37-35-26-15-14-24(36-39(26)30)22-8-4-3-5-9-22)33-29(40)27-28(31)32-18-25(34-27)23-12-10-21(11-13-23)19-38-16-6-7-17-38/h3-5,8-15,18,20,37H,6-7,16-17,19H2,1-2H3,(H2,31,32)(H,33,40)/t20-,30?/m1/s1. The molecule has 1 unspecified atom stereocenters. The number of amides is 1. The molecule has 1 aromatic heterocycles. The van der Waals surface area contributed by atoms with Gasteiger partial charge in [-0.25, -0.2) is 15.0 Å². The Labute approximate surface area is 233 Å². The van der Waals surface area contributed by atoms with Crippen LogP contribution in [-0.4, -0.2) is 62.1 Å². The number of carbonyl (C=O) groups is 1. The van der Waals surface area contributed by atoms with Crippen LogP contribution in [0.25, 0.3) is 11.3 Å². The molecule has 3 aromatic rings. The van der Waals surface area contributed by atoms with Crippen molar-refractivity contribution >= 4 is 23.3 Å². The molecule has 4 heterocycles. The highest BCUT2D eigenvalue weighted by Crippen LogP contribution is 2.27. The number of hydrazone groups is 2. The lowest BCUT2D eigenvalue weighted by molar-refractivity contribution is 0.0831. The minimum atomic E-state index is -0.819. The topological polar surface area (TPSA) is 124 Å². The fourth-order valence-corrected chi connectivity index (χ4v) is 5.19. The summed E-state index contributed by atoms with van der Waals surface area (Å²) in [4.78, 5) is 24.8. The number of nitrogen functional groups attached to an aromatic ring is 1. The quantitative estimate of drug-likeness (QED) is 0.424. The van der Waals surface area contributed by atoms with Gasteiger partial charge >= 0.3 is 0 Å². The van der Waals surface area contributed by atoms with E-state index in [1.165, 1.54) is 18.4 Å². The Morgan fingerprint density at radius 1 is 1.07 bits per heavy atom. The van der Waals surface area contributed by atoms with Crippen molar-refractivity contribution in [2.75, 3.05) is 18.8 Å². The SMILES string of the molecule is C[C@@H](NC(=O)c1nc(-c2ccc(CN3CCCC3)cc2)cnc1N)C1(C)NN=C2C=CC(c3ccccc3)=NN21. The van der Waals surface area contributed by atoms with Gasteiger partial charge in [-0.3, -0.25) is 15.1 Å². The van der Waals surface area contributed by atoms with Gasteiger partial charge in [-0.1, -0.05) is 54.6 Å². The molecule has 2 atom stereocenters. The lowest BCUT2D eigenvalue weighted by Gasteiger charge is -2.38. The van der Waals surface area contributed by atoms with Crippen molar-refractivity contribution in [3.8, 4) is 11.3 Å². The number of rotatable bonds is 7. The van der Waals surface area contributed by atoms with E-state index in [0.717, 1.165) is 36.5 Å². The van der Waals surface area contributed by atoms with E-state index in [2.05, 4.69) is 42.8 Å². The number of fused-ring (bicyclic) bond motifs is 1. The second-order valence-corrected chi connectivity index (χ2v) is 10.6. The van der Waals surface area contributed by atoms with Gasteiger partial charge in [0.15, 0.2) is 23.0 Å². The summed E-state index contributed by atoms with van der Waals surface area (Å²) in [5.74, 6) is 0.324. The summed E-state index contributed by atoms with van der Waals surface area (Å²) in [6, 6.07) is 17.8. The number of benzene rings is 2. The number of nitrogens with zero attached hydrogens (tertiary/aromatic N) is 6. The minimum Gasteiger partial charge on any atom is -0.382 e. The summed E-state index contributed by atoms with van der Waals surface area (Å²) >= 11 is 0. The van der Waals surface area contributed by atoms with E-state index in [1.54, 1.807) is 11.2 Å². The third-order valence-electron chi connectivity index (χ3n) is 7.78. The molecule has 4 N–H and O–H groups in total. The van der Waals surface area contributed by atoms with Crippen LogP contribution in [0.15, 0.2) is 83.1 Å². The van der Waals surface area contributed by atoms with Crippen LogP contribution in [0.2, 0.25) is 0 Å². The predicted octanol–water partition coefficient (Wildman–Crippen LogP) is 3.35. The Morgan fingerprint density at radius 3 is 2.58 bits per heavy atom. The molecule has 40 heavy (non-hydrogen) atoms. The normalized spacial score (nSPS) is 20.9. The Bertz CT molecular complexity index is 1490. The molecular formula is C30H33N9O. The average Bonchev–Trinajstić information content (AvgIpc) is 3.62. The molecule has 0 saturated carbocycles. The van der Waals surface area contributed by atoms with Crippen LogP contribution in [0.5, 0.6) is 0 Å². The van der Waals surface area contributed by atoms with E-state index in [9.17, 15) is 4.79 Å². The van der Waals surface area contributed by atoms with Gasteiger partial charge in [0.05, 0.1) is 23.6 Å². The van der Waals surface area contributed by atoms with Crippen LogP contribution in [0.1, 0.15) is 48.3 Å². The maximum absolute atomic E-state index is 13.4. The second kappa shape index (κ2) is 10.5. The number of nitrogens with one attached hydrogen (secondary N) is 2. The number of hydrogen-bond acceptors (Lipinski definition) is 9. The van der Waals surface area contributed by atoms with E-state index < -0.39 is 17.6 Å². The molecule has 0 spiro atoms.